The van der Waals surface area contributed by atoms with Crippen LogP contribution in [-0.2, 0) is 12.8 Å². The first kappa shape index (κ1) is 7.16. The van der Waals surface area contributed by atoms with Crippen LogP contribution in [0.3, 0.4) is 0 Å². The molecule has 1 heterocycles. The standard InChI is InChI=1S/C6H7N3S/c1-2-5-8-6(3-4-7)10-9-5/h2-3H2,1H3. The average Bonchev–Trinajstić information content (AvgIpc) is 2.37. The maximum atomic E-state index is 8.29. The van der Waals surface area contributed by atoms with E-state index in [9.17, 15) is 0 Å². The molecule has 4 heteroatoms. The highest BCUT2D eigenvalue weighted by Gasteiger charge is 1.99. The van der Waals surface area contributed by atoms with Crippen molar-refractivity contribution in [2.75, 3.05) is 0 Å². The fraction of sp³-hybridized carbons (Fsp3) is 0.500. The van der Waals surface area contributed by atoms with E-state index in [4.69, 9.17) is 5.26 Å². The fourth-order valence-electron chi connectivity index (χ4n) is 0.573. The second-order valence-corrected chi connectivity index (χ2v) is 2.63. The second-order valence-electron chi connectivity index (χ2n) is 1.79. The summed E-state index contributed by atoms with van der Waals surface area (Å²) in [5.41, 5.74) is 0. The predicted octanol–water partition coefficient (Wildman–Crippen LogP) is 1.17. The molecule has 0 saturated heterocycles. The molecule has 0 aliphatic carbocycles. The molecular weight excluding hydrogens is 146 g/mol. The number of aromatic nitrogens is 2. The van der Waals surface area contributed by atoms with Crippen molar-refractivity contribution in [1.82, 2.24) is 9.36 Å². The molecule has 0 radical (unpaired) electrons. The van der Waals surface area contributed by atoms with E-state index in [0.29, 0.717) is 6.42 Å². The summed E-state index contributed by atoms with van der Waals surface area (Å²) in [5, 5.41) is 9.11. The van der Waals surface area contributed by atoms with Crippen LogP contribution in [0.5, 0.6) is 0 Å². The van der Waals surface area contributed by atoms with Crippen LogP contribution in [0.1, 0.15) is 17.8 Å². The zero-order valence-corrected chi connectivity index (χ0v) is 6.48. The molecule has 0 aromatic carbocycles. The van der Waals surface area contributed by atoms with Gasteiger partial charge in [0.25, 0.3) is 0 Å². The Kier molecular flexibility index (Phi) is 2.35. The maximum Gasteiger partial charge on any atom is 0.142 e. The Hall–Kier alpha value is -0.950. The fourth-order valence-corrected chi connectivity index (χ4v) is 1.23. The van der Waals surface area contributed by atoms with E-state index < -0.39 is 0 Å². The molecule has 1 aromatic heterocycles. The Labute approximate surface area is 63.5 Å². The van der Waals surface area contributed by atoms with Crippen molar-refractivity contribution in [3.8, 4) is 6.07 Å². The smallest absolute Gasteiger partial charge is 0.142 e. The summed E-state index contributed by atoms with van der Waals surface area (Å²) in [6, 6.07) is 2.03. The molecule has 10 heavy (non-hydrogen) atoms. The minimum atomic E-state index is 0.387. The zero-order chi connectivity index (χ0) is 7.40. The molecule has 0 amide bonds. The number of aryl methyl sites for hydroxylation is 1. The minimum Gasteiger partial charge on any atom is -0.223 e. The van der Waals surface area contributed by atoms with E-state index in [1.165, 1.54) is 11.5 Å². The summed E-state index contributed by atoms with van der Waals surface area (Å²) >= 11 is 1.32. The van der Waals surface area contributed by atoms with Crippen molar-refractivity contribution in [3.63, 3.8) is 0 Å². The normalized spacial score (nSPS) is 9.20. The molecule has 0 aliphatic rings. The molecule has 0 saturated carbocycles. The lowest BCUT2D eigenvalue weighted by Crippen LogP contribution is -1.83. The van der Waals surface area contributed by atoms with Crippen LogP contribution in [0.4, 0.5) is 0 Å². The Morgan fingerprint density at radius 1 is 1.70 bits per heavy atom. The molecule has 1 aromatic rings. The van der Waals surface area contributed by atoms with Crippen LogP contribution in [0.25, 0.3) is 0 Å². The van der Waals surface area contributed by atoms with Crippen molar-refractivity contribution in [2.24, 2.45) is 0 Å². The van der Waals surface area contributed by atoms with Crippen molar-refractivity contribution >= 4 is 11.5 Å². The van der Waals surface area contributed by atoms with Gasteiger partial charge in [-0.1, -0.05) is 6.92 Å². The van der Waals surface area contributed by atoms with Gasteiger partial charge in [-0.15, -0.1) is 0 Å². The number of hydrogen-bond acceptors (Lipinski definition) is 4. The van der Waals surface area contributed by atoms with E-state index >= 15 is 0 Å². The van der Waals surface area contributed by atoms with Gasteiger partial charge in [0.15, 0.2) is 0 Å². The van der Waals surface area contributed by atoms with Gasteiger partial charge in [0.2, 0.25) is 0 Å². The highest BCUT2D eigenvalue weighted by molar-refractivity contribution is 7.05. The Morgan fingerprint density at radius 2 is 2.50 bits per heavy atom. The molecule has 3 nitrogen and oxygen atoms in total. The van der Waals surface area contributed by atoms with Gasteiger partial charge in [-0.05, 0) is 11.5 Å². The van der Waals surface area contributed by atoms with Crippen LogP contribution in [0.15, 0.2) is 0 Å². The monoisotopic (exact) mass is 153 g/mol. The van der Waals surface area contributed by atoms with Gasteiger partial charge in [-0.2, -0.15) is 9.64 Å². The second kappa shape index (κ2) is 3.28. The highest BCUT2D eigenvalue weighted by Crippen LogP contribution is 2.04. The average molecular weight is 153 g/mol. The van der Waals surface area contributed by atoms with Crippen LogP contribution in [-0.4, -0.2) is 9.36 Å². The molecule has 1 rings (SSSR count). The molecule has 0 N–H and O–H groups in total. The van der Waals surface area contributed by atoms with Crippen LogP contribution >= 0.6 is 11.5 Å². The third-order valence-corrected chi connectivity index (χ3v) is 1.81. The van der Waals surface area contributed by atoms with Gasteiger partial charge >= 0.3 is 0 Å². The molecular formula is C6H7N3S. The van der Waals surface area contributed by atoms with Gasteiger partial charge in [-0.25, -0.2) is 4.98 Å². The molecule has 0 fully saturated rings. The summed E-state index contributed by atoms with van der Waals surface area (Å²) in [5.74, 6) is 0.843. The van der Waals surface area contributed by atoms with Crippen molar-refractivity contribution in [2.45, 2.75) is 19.8 Å². The number of rotatable bonds is 2. The van der Waals surface area contributed by atoms with Gasteiger partial charge in [-0.3, -0.25) is 0 Å². The first-order valence-electron chi connectivity index (χ1n) is 3.05. The van der Waals surface area contributed by atoms with Crippen molar-refractivity contribution in [3.05, 3.63) is 10.8 Å². The number of hydrogen-bond donors (Lipinski definition) is 0. The maximum absolute atomic E-state index is 8.29. The van der Waals surface area contributed by atoms with E-state index in [-0.39, 0.29) is 0 Å². The quantitative estimate of drug-likeness (QED) is 0.640. The molecule has 0 unspecified atom stereocenters. The van der Waals surface area contributed by atoms with Gasteiger partial charge in [0.1, 0.15) is 10.8 Å². The molecule has 0 atom stereocenters. The summed E-state index contributed by atoms with van der Waals surface area (Å²) in [4.78, 5) is 4.10. The first-order chi connectivity index (χ1) is 4.86. The van der Waals surface area contributed by atoms with E-state index in [2.05, 4.69) is 9.36 Å². The van der Waals surface area contributed by atoms with E-state index in [0.717, 1.165) is 17.3 Å². The topological polar surface area (TPSA) is 49.6 Å². The van der Waals surface area contributed by atoms with Gasteiger partial charge in [0.05, 0.1) is 12.5 Å². The van der Waals surface area contributed by atoms with Crippen molar-refractivity contribution < 1.29 is 0 Å². The lowest BCUT2D eigenvalue weighted by molar-refractivity contribution is 0.978. The van der Waals surface area contributed by atoms with Crippen LogP contribution in [0.2, 0.25) is 0 Å². The summed E-state index contributed by atoms with van der Waals surface area (Å²) in [7, 11) is 0. The van der Waals surface area contributed by atoms with E-state index in [1.54, 1.807) is 0 Å². The van der Waals surface area contributed by atoms with Gasteiger partial charge in [0, 0.05) is 6.42 Å². The zero-order valence-electron chi connectivity index (χ0n) is 5.66. The first-order valence-corrected chi connectivity index (χ1v) is 3.82. The lowest BCUT2D eigenvalue weighted by atomic mass is 10.4. The number of nitriles is 1. The Balaban J connectivity index is 2.70. The summed E-state index contributed by atoms with van der Waals surface area (Å²) in [6.07, 6.45) is 1.24. The van der Waals surface area contributed by atoms with Gasteiger partial charge < -0.3 is 0 Å². The largest absolute Gasteiger partial charge is 0.223 e. The molecule has 0 spiro atoms. The minimum absolute atomic E-state index is 0.387. The third kappa shape index (κ3) is 1.52. The van der Waals surface area contributed by atoms with E-state index in [1.807, 2.05) is 13.0 Å². The Bertz CT molecular complexity index is 248. The van der Waals surface area contributed by atoms with Crippen LogP contribution < -0.4 is 0 Å². The SMILES string of the molecule is CCc1nsc(CC#N)n1. The van der Waals surface area contributed by atoms with Crippen LogP contribution in [0, 0.1) is 11.3 Å². The summed E-state index contributed by atoms with van der Waals surface area (Å²) < 4.78 is 4.03. The number of nitrogens with zero attached hydrogens (tertiary/aromatic N) is 3. The lowest BCUT2D eigenvalue weighted by Gasteiger charge is -1.79. The molecule has 0 aliphatic heterocycles. The van der Waals surface area contributed by atoms with Crippen molar-refractivity contribution in [1.29, 1.82) is 5.26 Å². The highest BCUT2D eigenvalue weighted by atomic mass is 32.1. The molecule has 52 valence electrons. The summed E-state index contributed by atoms with van der Waals surface area (Å²) in [6.45, 7) is 2.00. The Morgan fingerprint density at radius 3 is 3.00 bits per heavy atom. The predicted molar refractivity (Wildman–Crippen MR) is 38.6 cm³/mol. The molecule has 0 bridgehead atoms. The third-order valence-electron chi connectivity index (χ3n) is 1.06.